The first-order valence-corrected chi connectivity index (χ1v) is 7.73. The average molecular weight is 363 g/mol. The van der Waals surface area contributed by atoms with Gasteiger partial charge in [0.2, 0.25) is 0 Å². The molecule has 0 aliphatic carbocycles. The van der Waals surface area contributed by atoms with Gasteiger partial charge >= 0.3 is 0 Å². The van der Waals surface area contributed by atoms with E-state index in [9.17, 15) is 4.79 Å². The number of H-pyrrole nitrogens is 1. The lowest BCUT2D eigenvalue weighted by Crippen LogP contribution is -2.42. The van der Waals surface area contributed by atoms with Crippen LogP contribution in [0.2, 0.25) is 0 Å². The first kappa shape index (κ1) is 19.0. The van der Waals surface area contributed by atoms with Crippen LogP contribution in [0.4, 0.5) is 0 Å². The molecule has 1 aliphatic heterocycles. The molecule has 5 nitrogen and oxygen atoms in total. The molecule has 3 rings (SSSR count). The van der Waals surface area contributed by atoms with E-state index in [4.69, 9.17) is 0 Å². The van der Waals surface area contributed by atoms with Crippen LogP contribution < -0.4 is 10.6 Å². The maximum Gasteiger partial charge on any atom is 0.267 e. The molecule has 1 saturated heterocycles. The molecule has 8 heteroatoms. The first-order valence-electron chi connectivity index (χ1n) is 6.85. The van der Waals surface area contributed by atoms with Gasteiger partial charge in [0.15, 0.2) is 0 Å². The second kappa shape index (κ2) is 8.53. The molecular weight excluding hydrogens is 343 g/mol. The van der Waals surface area contributed by atoms with Crippen molar-refractivity contribution in [3.63, 3.8) is 0 Å². The van der Waals surface area contributed by atoms with E-state index < -0.39 is 0 Å². The number of hydrogen-bond donors (Lipinski definition) is 3. The van der Waals surface area contributed by atoms with Crippen molar-refractivity contribution in [1.29, 1.82) is 0 Å². The van der Waals surface area contributed by atoms with Crippen molar-refractivity contribution >= 4 is 42.1 Å². The van der Waals surface area contributed by atoms with Crippen LogP contribution in [0, 0.1) is 6.92 Å². The number of nitrogens with zero attached hydrogens (tertiary/aromatic N) is 1. The van der Waals surface area contributed by atoms with Crippen LogP contribution >= 0.6 is 36.2 Å². The summed E-state index contributed by atoms with van der Waals surface area (Å²) >= 11 is 1.61. The Kier molecular flexibility index (Phi) is 7.35. The third kappa shape index (κ3) is 4.46. The minimum Gasteiger partial charge on any atom is -0.357 e. The number of hydrogen-bond acceptors (Lipinski definition) is 4. The number of carbonyl (C=O) groups excluding carboxylic acids is 1. The van der Waals surface area contributed by atoms with Gasteiger partial charge in [-0.3, -0.25) is 4.79 Å². The van der Waals surface area contributed by atoms with Gasteiger partial charge in [-0.15, -0.1) is 36.2 Å². The lowest BCUT2D eigenvalue weighted by molar-refractivity contribution is 0.0925. The van der Waals surface area contributed by atoms with Crippen molar-refractivity contribution in [2.75, 3.05) is 13.1 Å². The van der Waals surface area contributed by atoms with Gasteiger partial charge in [-0.1, -0.05) is 0 Å². The molecule has 2 aromatic rings. The minimum absolute atomic E-state index is 0. The molecule has 3 N–H and O–H groups in total. The van der Waals surface area contributed by atoms with Gasteiger partial charge in [-0.25, -0.2) is 4.98 Å². The predicted octanol–water partition coefficient (Wildman–Crippen LogP) is 2.77. The fourth-order valence-electron chi connectivity index (χ4n) is 2.40. The van der Waals surface area contributed by atoms with Gasteiger partial charge in [0.1, 0.15) is 5.69 Å². The van der Waals surface area contributed by atoms with E-state index in [0.717, 1.165) is 42.2 Å². The van der Waals surface area contributed by atoms with Crippen molar-refractivity contribution in [3.05, 3.63) is 28.3 Å². The van der Waals surface area contributed by atoms with Crippen molar-refractivity contribution in [1.82, 2.24) is 20.6 Å². The summed E-state index contributed by atoms with van der Waals surface area (Å²) < 4.78 is 0. The monoisotopic (exact) mass is 362 g/mol. The SMILES string of the molecule is Cc1nc(-c2c[nH]c(C(=O)NC3CCNCC3)c2)cs1.Cl.Cl. The van der Waals surface area contributed by atoms with Crippen molar-refractivity contribution in [2.45, 2.75) is 25.8 Å². The maximum absolute atomic E-state index is 12.2. The molecule has 0 spiro atoms. The summed E-state index contributed by atoms with van der Waals surface area (Å²) in [6.45, 7) is 3.92. The normalized spacial score (nSPS) is 14.8. The Balaban J connectivity index is 0.00000121. The average Bonchev–Trinajstić information content (AvgIpc) is 3.08. The van der Waals surface area contributed by atoms with Crippen LogP contribution in [0.3, 0.4) is 0 Å². The van der Waals surface area contributed by atoms with Gasteiger partial charge in [0.25, 0.3) is 5.91 Å². The summed E-state index contributed by atoms with van der Waals surface area (Å²) in [6, 6.07) is 2.14. The zero-order chi connectivity index (χ0) is 13.9. The van der Waals surface area contributed by atoms with E-state index in [1.807, 2.05) is 24.6 Å². The van der Waals surface area contributed by atoms with Crippen molar-refractivity contribution in [2.24, 2.45) is 0 Å². The van der Waals surface area contributed by atoms with Gasteiger partial charge in [-0.2, -0.15) is 0 Å². The molecule has 1 amide bonds. The molecule has 2 aromatic heterocycles. The number of aromatic nitrogens is 2. The molecule has 0 unspecified atom stereocenters. The molecule has 1 aliphatic rings. The lowest BCUT2D eigenvalue weighted by atomic mass is 10.1. The fourth-order valence-corrected chi connectivity index (χ4v) is 3.02. The molecule has 1 fully saturated rings. The number of nitrogens with one attached hydrogen (secondary N) is 3. The first-order chi connectivity index (χ1) is 9.72. The van der Waals surface area contributed by atoms with Crippen LogP contribution in [0.1, 0.15) is 28.3 Å². The Bertz CT molecular complexity index is 608. The Morgan fingerprint density at radius 1 is 1.36 bits per heavy atom. The van der Waals surface area contributed by atoms with Crippen LogP contribution in [-0.2, 0) is 0 Å². The highest BCUT2D eigenvalue weighted by atomic mass is 35.5. The smallest absolute Gasteiger partial charge is 0.267 e. The number of halogens is 2. The number of carbonyl (C=O) groups is 1. The summed E-state index contributed by atoms with van der Waals surface area (Å²) in [7, 11) is 0. The lowest BCUT2D eigenvalue weighted by Gasteiger charge is -2.23. The molecule has 3 heterocycles. The standard InChI is InChI=1S/C14H18N4OS.2ClH/c1-9-17-13(8-20-9)10-6-12(16-7-10)14(19)18-11-2-4-15-5-3-11;;/h6-8,11,15-16H,2-5H2,1H3,(H,18,19);2*1H. The maximum atomic E-state index is 12.2. The predicted molar refractivity (Wildman–Crippen MR) is 94.5 cm³/mol. The van der Waals surface area contributed by atoms with E-state index in [1.165, 1.54) is 0 Å². The van der Waals surface area contributed by atoms with E-state index >= 15 is 0 Å². The topological polar surface area (TPSA) is 69.8 Å². The highest BCUT2D eigenvalue weighted by molar-refractivity contribution is 7.09. The second-order valence-corrected chi connectivity index (χ2v) is 6.11. The molecule has 0 saturated carbocycles. The number of aryl methyl sites for hydroxylation is 1. The Morgan fingerprint density at radius 3 is 2.73 bits per heavy atom. The third-order valence-electron chi connectivity index (χ3n) is 3.52. The van der Waals surface area contributed by atoms with Gasteiger partial charge in [0.05, 0.1) is 10.7 Å². The molecule has 0 bridgehead atoms. The van der Waals surface area contributed by atoms with Crippen molar-refractivity contribution in [3.8, 4) is 11.3 Å². The quantitative estimate of drug-likeness (QED) is 0.785. The van der Waals surface area contributed by atoms with Crippen LogP contribution in [0.5, 0.6) is 0 Å². The second-order valence-electron chi connectivity index (χ2n) is 5.05. The summed E-state index contributed by atoms with van der Waals surface area (Å²) in [5.41, 5.74) is 2.48. The van der Waals surface area contributed by atoms with Crippen LogP contribution in [0.15, 0.2) is 17.6 Å². The molecule has 22 heavy (non-hydrogen) atoms. The zero-order valence-electron chi connectivity index (χ0n) is 12.2. The molecule has 0 aromatic carbocycles. The highest BCUT2D eigenvalue weighted by Crippen LogP contribution is 2.22. The van der Waals surface area contributed by atoms with Gasteiger partial charge < -0.3 is 15.6 Å². The van der Waals surface area contributed by atoms with E-state index in [-0.39, 0.29) is 36.8 Å². The Morgan fingerprint density at radius 2 is 2.09 bits per heavy atom. The minimum atomic E-state index is -0.0323. The van der Waals surface area contributed by atoms with E-state index in [0.29, 0.717) is 5.69 Å². The van der Waals surface area contributed by atoms with E-state index in [2.05, 4.69) is 20.6 Å². The molecule has 0 radical (unpaired) electrons. The third-order valence-corrected chi connectivity index (χ3v) is 4.29. The number of rotatable bonds is 3. The number of amides is 1. The number of aromatic amines is 1. The van der Waals surface area contributed by atoms with Gasteiger partial charge in [0, 0.05) is 23.2 Å². The largest absolute Gasteiger partial charge is 0.357 e. The van der Waals surface area contributed by atoms with Crippen LogP contribution in [0.25, 0.3) is 11.3 Å². The van der Waals surface area contributed by atoms with Crippen LogP contribution in [-0.4, -0.2) is 35.0 Å². The zero-order valence-corrected chi connectivity index (χ0v) is 14.7. The number of piperidine rings is 1. The summed E-state index contributed by atoms with van der Waals surface area (Å²) in [5.74, 6) is -0.0323. The highest BCUT2D eigenvalue weighted by Gasteiger charge is 2.17. The molecule has 0 atom stereocenters. The van der Waals surface area contributed by atoms with Gasteiger partial charge in [-0.05, 0) is 38.9 Å². The Labute approximate surface area is 146 Å². The summed E-state index contributed by atoms with van der Waals surface area (Å²) in [4.78, 5) is 19.6. The number of thiazole rings is 1. The van der Waals surface area contributed by atoms with E-state index in [1.54, 1.807) is 11.3 Å². The Hall–Kier alpha value is -1.08. The summed E-state index contributed by atoms with van der Waals surface area (Å²) in [6.07, 6.45) is 3.82. The summed E-state index contributed by atoms with van der Waals surface area (Å²) in [5, 5.41) is 9.40. The molecule has 122 valence electrons. The fraction of sp³-hybridized carbons (Fsp3) is 0.429. The molecular formula is C14H20Cl2N4OS. The van der Waals surface area contributed by atoms with Crippen molar-refractivity contribution < 1.29 is 4.79 Å².